The second-order valence-electron chi connectivity index (χ2n) is 7.45. The van der Waals surface area contributed by atoms with Crippen molar-refractivity contribution >= 4 is 17.0 Å². The van der Waals surface area contributed by atoms with Gasteiger partial charge in [-0.15, -0.1) is 17.0 Å². The molecule has 1 saturated carbocycles. The minimum absolute atomic E-state index is 0. The van der Waals surface area contributed by atoms with E-state index in [2.05, 4.69) is 25.9 Å². The zero-order chi connectivity index (χ0) is 15.6. The number of unbranched alkanes of at least 4 members (excludes halogenated alkanes) is 6. The second-order valence-corrected chi connectivity index (χ2v) is 7.45. The molecule has 0 radical (unpaired) electrons. The summed E-state index contributed by atoms with van der Waals surface area (Å²) in [6.07, 6.45) is 17.8. The van der Waals surface area contributed by atoms with Crippen LogP contribution in [0.1, 0.15) is 96.8 Å². The van der Waals surface area contributed by atoms with Crippen LogP contribution in [0.4, 0.5) is 0 Å². The lowest BCUT2D eigenvalue weighted by Crippen LogP contribution is -2.48. The highest BCUT2D eigenvalue weighted by Gasteiger charge is 2.35. The second kappa shape index (κ2) is 12.8. The molecule has 134 valence electrons. The highest BCUT2D eigenvalue weighted by Crippen LogP contribution is 2.36. The molecule has 1 aliphatic carbocycles. The molecule has 1 rings (SSSR count). The summed E-state index contributed by atoms with van der Waals surface area (Å²) in [5.41, 5.74) is 0.277. The maximum atomic E-state index is 10.4. The monoisotopic (exact) mass is 377 g/mol. The van der Waals surface area contributed by atoms with Crippen molar-refractivity contribution in [3.8, 4) is 0 Å². The third-order valence-corrected chi connectivity index (χ3v) is 5.49. The van der Waals surface area contributed by atoms with Crippen molar-refractivity contribution in [1.82, 2.24) is 4.90 Å². The smallest absolute Gasteiger partial charge is 0.0557 e. The number of aliphatic hydroxyl groups is 1. The summed E-state index contributed by atoms with van der Waals surface area (Å²) in [6, 6.07) is 0. The van der Waals surface area contributed by atoms with E-state index in [9.17, 15) is 5.11 Å². The first-order valence-electron chi connectivity index (χ1n) is 9.46. The Morgan fingerprint density at radius 1 is 0.909 bits per heavy atom. The fourth-order valence-electron chi connectivity index (χ4n) is 3.92. The van der Waals surface area contributed by atoms with E-state index < -0.39 is 0 Å². The van der Waals surface area contributed by atoms with Crippen LogP contribution in [-0.4, -0.2) is 35.7 Å². The molecule has 1 unspecified atom stereocenters. The molecule has 0 aromatic rings. The molecule has 0 bridgehead atoms. The lowest BCUT2D eigenvalue weighted by atomic mass is 9.76. The van der Waals surface area contributed by atoms with Crippen LogP contribution in [0.3, 0.4) is 0 Å². The van der Waals surface area contributed by atoms with Crippen LogP contribution < -0.4 is 0 Å². The number of nitrogens with zero attached hydrogens (tertiary/aromatic N) is 1. The molecule has 1 fully saturated rings. The highest BCUT2D eigenvalue weighted by molar-refractivity contribution is 8.93. The van der Waals surface area contributed by atoms with Crippen molar-refractivity contribution in [2.24, 2.45) is 0 Å². The average Bonchev–Trinajstić information content (AvgIpc) is 2.47. The first kappa shape index (κ1) is 22.4. The van der Waals surface area contributed by atoms with Gasteiger partial charge in [0.25, 0.3) is 0 Å². The Labute approximate surface area is 149 Å². The summed E-state index contributed by atoms with van der Waals surface area (Å²) >= 11 is 0. The number of hydrogen-bond donors (Lipinski definition) is 1. The van der Waals surface area contributed by atoms with Gasteiger partial charge in [0.2, 0.25) is 0 Å². The van der Waals surface area contributed by atoms with Crippen LogP contribution >= 0.6 is 17.0 Å². The Kier molecular flexibility index (Phi) is 13.0. The fourth-order valence-corrected chi connectivity index (χ4v) is 3.92. The summed E-state index contributed by atoms with van der Waals surface area (Å²) in [7, 11) is 4.40. The van der Waals surface area contributed by atoms with E-state index in [1.807, 2.05) is 0 Å². The lowest BCUT2D eigenvalue weighted by molar-refractivity contribution is 0.0290. The number of aliphatic hydroxyl groups excluding tert-OH is 1. The maximum absolute atomic E-state index is 10.4. The molecule has 0 amide bonds. The van der Waals surface area contributed by atoms with Gasteiger partial charge >= 0.3 is 0 Å². The van der Waals surface area contributed by atoms with Gasteiger partial charge in [0, 0.05) is 5.54 Å². The van der Waals surface area contributed by atoms with Crippen LogP contribution in [0.15, 0.2) is 0 Å². The van der Waals surface area contributed by atoms with Crippen LogP contribution in [0.5, 0.6) is 0 Å². The molecule has 1 atom stereocenters. The summed E-state index contributed by atoms with van der Waals surface area (Å²) in [5.74, 6) is 0. The van der Waals surface area contributed by atoms with Gasteiger partial charge in [0.1, 0.15) is 0 Å². The van der Waals surface area contributed by atoms with E-state index >= 15 is 0 Å². The first-order chi connectivity index (χ1) is 10.1. The van der Waals surface area contributed by atoms with Crippen LogP contribution in [-0.2, 0) is 0 Å². The Morgan fingerprint density at radius 3 is 2.00 bits per heavy atom. The molecule has 0 aromatic carbocycles. The van der Waals surface area contributed by atoms with Gasteiger partial charge in [-0.1, -0.05) is 71.1 Å². The summed E-state index contributed by atoms with van der Waals surface area (Å²) in [4.78, 5) is 2.39. The zero-order valence-electron chi connectivity index (χ0n) is 15.3. The molecular weight excluding hydrogens is 338 g/mol. The quantitative estimate of drug-likeness (QED) is 0.465. The predicted octanol–water partition coefficient (Wildman–Crippen LogP) is 5.72. The molecule has 0 aromatic heterocycles. The Balaban J connectivity index is 0.00000441. The zero-order valence-corrected chi connectivity index (χ0v) is 17.0. The lowest BCUT2D eigenvalue weighted by Gasteiger charge is -2.44. The minimum atomic E-state index is -0.0962. The molecule has 0 aliphatic heterocycles. The van der Waals surface area contributed by atoms with E-state index in [1.54, 1.807) is 0 Å². The molecule has 22 heavy (non-hydrogen) atoms. The van der Waals surface area contributed by atoms with E-state index in [1.165, 1.54) is 77.0 Å². The third-order valence-electron chi connectivity index (χ3n) is 5.49. The Bertz CT molecular complexity index is 252. The summed E-state index contributed by atoms with van der Waals surface area (Å²) < 4.78 is 0. The molecule has 2 nitrogen and oxygen atoms in total. The van der Waals surface area contributed by atoms with Crippen molar-refractivity contribution in [2.75, 3.05) is 14.1 Å². The number of hydrogen-bond acceptors (Lipinski definition) is 2. The van der Waals surface area contributed by atoms with Crippen molar-refractivity contribution in [3.05, 3.63) is 0 Å². The molecule has 1 N–H and O–H groups in total. The van der Waals surface area contributed by atoms with Gasteiger partial charge in [0.05, 0.1) is 6.10 Å². The molecule has 1 aliphatic rings. The topological polar surface area (TPSA) is 23.5 Å². The van der Waals surface area contributed by atoms with Crippen molar-refractivity contribution in [3.63, 3.8) is 0 Å². The van der Waals surface area contributed by atoms with Gasteiger partial charge in [-0.2, -0.15) is 0 Å². The van der Waals surface area contributed by atoms with E-state index in [-0.39, 0.29) is 28.6 Å². The van der Waals surface area contributed by atoms with E-state index in [4.69, 9.17) is 0 Å². The van der Waals surface area contributed by atoms with Gasteiger partial charge in [-0.25, -0.2) is 0 Å². The minimum Gasteiger partial charge on any atom is -0.393 e. The number of halogens is 1. The first-order valence-corrected chi connectivity index (χ1v) is 9.46. The Hall–Kier alpha value is 0.400. The van der Waals surface area contributed by atoms with E-state index in [0.717, 1.165) is 12.8 Å². The summed E-state index contributed by atoms with van der Waals surface area (Å²) in [6.45, 7) is 2.27. The molecular formula is C19H40BrNO. The third kappa shape index (κ3) is 8.31. The van der Waals surface area contributed by atoms with Crippen LogP contribution in [0.25, 0.3) is 0 Å². The summed E-state index contributed by atoms with van der Waals surface area (Å²) in [5, 5.41) is 10.4. The van der Waals surface area contributed by atoms with E-state index in [0.29, 0.717) is 0 Å². The van der Waals surface area contributed by atoms with Crippen LogP contribution in [0, 0.1) is 0 Å². The number of rotatable bonds is 11. The van der Waals surface area contributed by atoms with Gasteiger partial charge in [-0.05, 0) is 39.8 Å². The largest absolute Gasteiger partial charge is 0.393 e. The highest BCUT2D eigenvalue weighted by atomic mass is 79.9. The SMILES string of the molecule is Br.CCCCCCCCCC(O)CC1(N(C)C)CCCCC1. The van der Waals surface area contributed by atoms with Gasteiger partial charge in [0.15, 0.2) is 0 Å². The van der Waals surface area contributed by atoms with Gasteiger partial charge < -0.3 is 10.0 Å². The standard InChI is InChI=1S/C19H39NO.BrH/c1-4-5-6-7-8-9-11-14-18(21)17-19(20(2)3)15-12-10-13-16-19;/h18,21H,4-17H2,1-3H3;1H. The molecule has 3 heteroatoms. The fraction of sp³-hybridized carbons (Fsp3) is 1.00. The normalized spacial score (nSPS) is 19.0. The van der Waals surface area contributed by atoms with Crippen LogP contribution in [0.2, 0.25) is 0 Å². The predicted molar refractivity (Wildman–Crippen MR) is 103 cm³/mol. The Morgan fingerprint density at radius 2 is 1.45 bits per heavy atom. The van der Waals surface area contributed by atoms with Crippen molar-refractivity contribution in [1.29, 1.82) is 0 Å². The van der Waals surface area contributed by atoms with Crippen molar-refractivity contribution < 1.29 is 5.11 Å². The molecule has 0 spiro atoms. The van der Waals surface area contributed by atoms with Crippen molar-refractivity contribution in [2.45, 2.75) is 108 Å². The maximum Gasteiger partial charge on any atom is 0.0557 e. The van der Waals surface area contributed by atoms with Gasteiger partial charge in [-0.3, -0.25) is 0 Å². The molecule has 0 saturated heterocycles. The molecule has 0 heterocycles. The average molecular weight is 378 g/mol.